The van der Waals surface area contributed by atoms with Crippen molar-refractivity contribution in [3.8, 4) is 0 Å². The standard InChI is InChI=1S/C20H27ClN2O3/c21-18-7-1-15(2-8-18)9-10-22-19(24)16-3-5-17(6-4-16)20(25)23-11-13-26-14-12-23/h1-2,7-8,16-17H,3-6,9-14H2,(H,22,24). The largest absolute Gasteiger partial charge is 0.378 e. The summed E-state index contributed by atoms with van der Waals surface area (Å²) in [6.45, 7) is 3.30. The Balaban J connectivity index is 1.37. The van der Waals surface area contributed by atoms with Gasteiger partial charge in [0.15, 0.2) is 0 Å². The second-order valence-corrected chi connectivity index (χ2v) is 7.59. The van der Waals surface area contributed by atoms with Crippen molar-refractivity contribution in [3.63, 3.8) is 0 Å². The van der Waals surface area contributed by atoms with Gasteiger partial charge in [-0.25, -0.2) is 0 Å². The topological polar surface area (TPSA) is 58.6 Å². The van der Waals surface area contributed by atoms with Crippen LogP contribution in [0.5, 0.6) is 0 Å². The van der Waals surface area contributed by atoms with Crippen LogP contribution in [0.15, 0.2) is 24.3 Å². The Hall–Kier alpha value is -1.59. The second-order valence-electron chi connectivity index (χ2n) is 7.15. The number of nitrogens with zero attached hydrogens (tertiary/aromatic N) is 1. The number of carbonyl (C=O) groups excluding carboxylic acids is 2. The molecule has 1 aromatic rings. The molecule has 1 aliphatic heterocycles. The number of rotatable bonds is 5. The Morgan fingerprint density at radius 1 is 1.04 bits per heavy atom. The van der Waals surface area contributed by atoms with Gasteiger partial charge in [-0.3, -0.25) is 9.59 Å². The minimum atomic E-state index is 0.0361. The number of nitrogens with one attached hydrogen (secondary N) is 1. The number of hydrogen-bond acceptors (Lipinski definition) is 3. The quantitative estimate of drug-likeness (QED) is 0.856. The molecule has 2 amide bonds. The summed E-state index contributed by atoms with van der Waals surface area (Å²) in [5.74, 6) is 0.478. The third-order valence-corrected chi connectivity index (χ3v) is 5.65. The molecule has 142 valence electrons. The van der Waals surface area contributed by atoms with Gasteiger partial charge in [-0.1, -0.05) is 23.7 Å². The Bertz CT molecular complexity index is 606. The van der Waals surface area contributed by atoms with Crippen LogP contribution in [-0.4, -0.2) is 49.6 Å². The lowest BCUT2D eigenvalue weighted by atomic mass is 9.81. The van der Waals surface area contributed by atoms with E-state index in [2.05, 4.69) is 5.32 Å². The van der Waals surface area contributed by atoms with E-state index in [1.165, 1.54) is 0 Å². The molecule has 0 unspecified atom stereocenters. The molecule has 1 N–H and O–H groups in total. The van der Waals surface area contributed by atoms with Gasteiger partial charge in [-0.15, -0.1) is 0 Å². The van der Waals surface area contributed by atoms with E-state index < -0.39 is 0 Å². The second kappa shape index (κ2) is 9.38. The molecule has 1 saturated heterocycles. The van der Waals surface area contributed by atoms with Crippen molar-refractivity contribution in [2.75, 3.05) is 32.8 Å². The normalized spacial score (nSPS) is 23.5. The smallest absolute Gasteiger partial charge is 0.225 e. The van der Waals surface area contributed by atoms with E-state index in [-0.39, 0.29) is 23.7 Å². The molecule has 1 heterocycles. The van der Waals surface area contributed by atoms with Crippen molar-refractivity contribution in [1.82, 2.24) is 10.2 Å². The lowest BCUT2D eigenvalue weighted by molar-refractivity contribution is -0.142. The fourth-order valence-electron chi connectivity index (χ4n) is 3.77. The Kier molecular flexibility index (Phi) is 6.92. The van der Waals surface area contributed by atoms with Crippen molar-refractivity contribution in [1.29, 1.82) is 0 Å². The maximum absolute atomic E-state index is 12.5. The highest BCUT2D eigenvalue weighted by Crippen LogP contribution is 2.30. The SMILES string of the molecule is O=C(NCCc1ccc(Cl)cc1)C1CCC(C(=O)N2CCOCC2)CC1. The number of morpholine rings is 1. The molecular weight excluding hydrogens is 352 g/mol. The van der Waals surface area contributed by atoms with Crippen LogP contribution in [0.4, 0.5) is 0 Å². The molecule has 2 aliphatic rings. The molecule has 3 rings (SSSR count). The van der Waals surface area contributed by atoms with Gasteiger partial charge in [0.05, 0.1) is 13.2 Å². The van der Waals surface area contributed by atoms with E-state index in [0.717, 1.165) is 42.7 Å². The first kappa shape index (κ1) is 19.2. The number of amides is 2. The van der Waals surface area contributed by atoms with Gasteiger partial charge in [-0.2, -0.15) is 0 Å². The van der Waals surface area contributed by atoms with E-state index in [9.17, 15) is 9.59 Å². The Morgan fingerprint density at radius 2 is 1.65 bits per heavy atom. The van der Waals surface area contributed by atoms with Crippen LogP contribution in [-0.2, 0) is 20.7 Å². The summed E-state index contributed by atoms with van der Waals surface area (Å²) in [5.41, 5.74) is 1.16. The minimum Gasteiger partial charge on any atom is -0.378 e. The van der Waals surface area contributed by atoms with E-state index in [1.807, 2.05) is 29.2 Å². The number of halogens is 1. The third kappa shape index (κ3) is 5.21. The van der Waals surface area contributed by atoms with Gasteiger partial charge >= 0.3 is 0 Å². The molecule has 0 radical (unpaired) electrons. The molecule has 6 heteroatoms. The van der Waals surface area contributed by atoms with E-state index in [1.54, 1.807) is 0 Å². The molecule has 2 fully saturated rings. The van der Waals surface area contributed by atoms with Crippen molar-refractivity contribution < 1.29 is 14.3 Å². The molecule has 0 spiro atoms. The molecule has 1 aliphatic carbocycles. The monoisotopic (exact) mass is 378 g/mol. The molecule has 0 aromatic heterocycles. The number of carbonyl (C=O) groups is 2. The highest BCUT2D eigenvalue weighted by Gasteiger charge is 2.32. The highest BCUT2D eigenvalue weighted by atomic mass is 35.5. The average Bonchev–Trinajstić information content (AvgIpc) is 2.69. The summed E-state index contributed by atoms with van der Waals surface area (Å²) in [6.07, 6.45) is 4.02. The average molecular weight is 379 g/mol. The number of ether oxygens (including phenoxy) is 1. The van der Waals surface area contributed by atoms with Gasteiger partial charge in [0.25, 0.3) is 0 Å². The molecule has 26 heavy (non-hydrogen) atoms. The van der Waals surface area contributed by atoms with Crippen LogP contribution in [0.3, 0.4) is 0 Å². The fraction of sp³-hybridized carbons (Fsp3) is 0.600. The summed E-state index contributed by atoms with van der Waals surface area (Å²) in [5, 5.41) is 3.76. The predicted octanol–water partition coefficient (Wildman–Crippen LogP) is 2.66. The molecule has 0 atom stereocenters. The van der Waals surface area contributed by atoms with Gasteiger partial charge < -0.3 is 15.0 Å². The first-order valence-corrected chi connectivity index (χ1v) is 9.90. The van der Waals surface area contributed by atoms with Gasteiger partial charge in [0.2, 0.25) is 11.8 Å². The van der Waals surface area contributed by atoms with Crippen LogP contribution in [0.1, 0.15) is 31.2 Å². The zero-order chi connectivity index (χ0) is 18.4. The zero-order valence-electron chi connectivity index (χ0n) is 15.1. The first-order chi connectivity index (χ1) is 12.6. The van der Waals surface area contributed by atoms with E-state index >= 15 is 0 Å². The number of benzene rings is 1. The lowest BCUT2D eigenvalue weighted by Gasteiger charge is -2.33. The summed E-state index contributed by atoms with van der Waals surface area (Å²) < 4.78 is 5.31. The van der Waals surface area contributed by atoms with Crippen molar-refractivity contribution in [2.45, 2.75) is 32.1 Å². The maximum atomic E-state index is 12.5. The molecule has 1 saturated carbocycles. The van der Waals surface area contributed by atoms with E-state index in [0.29, 0.717) is 32.8 Å². The third-order valence-electron chi connectivity index (χ3n) is 5.40. The summed E-state index contributed by atoms with van der Waals surface area (Å²) in [4.78, 5) is 26.8. The van der Waals surface area contributed by atoms with Crippen molar-refractivity contribution in [3.05, 3.63) is 34.9 Å². The summed E-state index contributed by atoms with van der Waals surface area (Å²) >= 11 is 5.88. The highest BCUT2D eigenvalue weighted by molar-refractivity contribution is 6.30. The van der Waals surface area contributed by atoms with Crippen LogP contribution in [0, 0.1) is 11.8 Å². The summed E-state index contributed by atoms with van der Waals surface area (Å²) in [7, 11) is 0. The Morgan fingerprint density at radius 3 is 2.31 bits per heavy atom. The predicted molar refractivity (Wildman–Crippen MR) is 101 cm³/mol. The molecule has 5 nitrogen and oxygen atoms in total. The maximum Gasteiger partial charge on any atom is 0.225 e. The summed E-state index contributed by atoms with van der Waals surface area (Å²) in [6, 6.07) is 7.70. The van der Waals surface area contributed by atoms with Crippen molar-refractivity contribution >= 4 is 23.4 Å². The zero-order valence-corrected chi connectivity index (χ0v) is 15.8. The minimum absolute atomic E-state index is 0.0361. The van der Waals surface area contributed by atoms with Crippen LogP contribution < -0.4 is 5.32 Å². The van der Waals surface area contributed by atoms with Gasteiger partial charge in [0.1, 0.15) is 0 Å². The molecular formula is C20H27ClN2O3. The van der Waals surface area contributed by atoms with Gasteiger partial charge in [-0.05, 0) is 49.8 Å². The van der Waals surface area contributed by atoms with E-state index in [4.69, 9.17) is 16.3 Å². The molecule has 0 bridgehead atoms. The van der Waals surface area contributed by atoms with Crippen molar-refractivity contribution in [2.24, 2.45) is 11.8 Å². The van der Waals surface area contributed by atoms with Crippen LogP contribution in [0.25, 0.3) is 0 Å². The lowest BCUT2D eigenvalue weighted by Crippen LogP contribution is -2.45. The van der Waals surface area contributed by atoms with Crippen LogP contribution >= 0.6 is 11.6 Å². The number of hydrogen-bond donors (Lipinski definition) is 1. The first-order valence-electron chi connectivity index (χ1n) is 9.52. The fourth-order valence-corrected chi connectivity index (χ4v) is 3.90. The molecule has 1 aromatic carbocycles. The van der Waals surface area contributed by atoms with Crippen LogP contribution in [0.2, 0.25) is 5.02 Å². The Labute approximate surface area is 160 Å². The van der Waals surface area contributed by atoms with Gasteiger partial charge in [0, 0.05) is 36.5 Å².